The molecule has 1 fully saturated rings. The van der Waals surface area contributed by atoms with E-state index in [1.165, 1.54) is 17.0 Å². The van der Waals surface area contributed by atoms with E-state index in [1.54, 1.807) is 60.9 Å². The Morgan fingerprint density at radius 1 is 1.09 bits per heavy atom. The molecule has 4 rings (SSSR count). The van der Waals surface area contributed by atoms with Crippen LogP contribution in [0.5, 0.6) is 11.5 Å². The molecule has 1 atom stereocenters. The molecule has 2 aromatic carbocycles. The zero-order chi connectivity index (χ0) is 23.4. The largest absolute Gasteiger partial charge is 0.508 e. The highest BCUT2D eigenvalue weighted by Gasteiger charge is 2.46. The van der Waals surface area contributed by atoms with Crippen LogP contribution in [0, 0.1) is 0 Å². The van der Waals surface area contributed by atoms with Crippen molar-refractivity contribution in [2.45, 2.75) is 25.9 Å². The summed E-state index contributed by atoms with van der Waals surface area (Å²) in [4.78, 5) is 31.7. The Morgan fingerprint density at radius 3 is 2.64 bits per heavy atom. The number of pyridine rings is 1. The number of ether oxygens (including phenoxy) is 1. The van der Waals surface area contributed by atoms with Crippen molar-refractivity contribution >= 4 is 17.4 Å². The van der Waals surface area contributed by atoms with E-state index in [-0.39, 0.29) is 23.6 Å². The molecular weight excluding hydrogens is 420 g/mol. The highest BCUT2D eigenvalue weighted by Crippen LogP contribution is 2.41. The number of aliphatic hydroxyl groups is 1. The third-order valence-corrected chi connectivity index (χ3v) is 5.38. The van der Waals surface area contributed by atoms with Gasteiger partial charge in [-0.25, -0.2) is 0 Å². The van der Waals surface area contributed by atoms with Crippen molar-refractivity contribution in [1.29, 1.82) is 0 Å². The molecule has 1 unspecified atom stereocenters. The summed E-state index contributed by atoms with van der Waals surface area (Å²) in [5.41, 5.74) is 1.58. The predicted molar refractivity (Wildman–Crippen MR) is 122 cm³/mol. The number of amides is 1. The molecule has 1 aromatic heterocycles. The van der Waals surface area contributed by atoms with Crippen LogP contribution in [0.3, 0.4) is 0 Å². The Kier molecular flexibility index (Phi) is 6.40. The van der Waals surface area contributed by atoms with Crippen molar-refractivity contribution in [2.24, 2.45) is 0 Å². The molecule has 168 valence electrons. The number of Topliss-reactive ketones (excluding diaryl/α,β-unsaturated/α-hetero) is 1. The average molecular weight is 444 g/mol. The molecule has 7 nitrogen and oxygen atoms in total. The molecule has 2 N–H and O–H groups in total. The fourth-order valence-corrected chi connectivity index (χ4v) is 3.88. The second-order valence-corrected chi connectivity index (χ2v) is 7.76. The molecule has 0 aliphatic carbocycles. The van der Waals surface area contributed by atoms with Crippen molar-refractivity contribution in [3.8, 4) is 11.5 Å². The topological polar surface area (TPSA) is 100.0 Å². The van der Waals surface area contributed by atoms with E-state index in [1.807, 2.05) is 6.92 Å². The lowest BCUT2D eigenvalue weighted by molar-refractivity contribution is -0.140. The maximum atomic E-state index is 13.1. The lowest BCUT2D eigenvalue weighted by Crippen LogP contribution is -2.29. The zero-order valence-corrected chi connectivity index (χ0v) is 18.1. The molecule has 0 saturated carbocycles. The second kappa shape index (κ2) is 9.56. The second-order valence-electron chi connectivity index (χ2n) is 7.76. The number of carbonyl (C=O) groups excluding carboxylic acids is 2. The highest BCUT2D eigenvalue weighted by atomic mass is 16.5. The summed E-state index contributed by atoms with van der Waals surface area (Å²) in [6, 6.07) is 15.8. The number of carbonyl (C=O) groups is 2. The van der Waals surface area contributed by atoms with Crippen molar-refractivity contribution in [1.82, 2.24) is 9.88 Å². The summed E-state index contributed by atoms with van der Waals surface area (Å²) >= 11 is 0. The maximum absolute atomic E-state index is 13.1. The van der Waals surface area contributed by atoms with Gasteiger partial charge in [0.25, 0.3) is 11.7 Å². The number of hydrogen-bond donors (Lipinski definition) is 2. The Balaban J connectivity index is 1.83. The fourth-order valence-electron chi connectivity index (χ4n) is 3.88. The van der Waals surface area contributed by atoms with E-state index in [0.717, 1.165) is 12.0 Å². The number of ketones is 1. The van der Waals surface area contributed by atoms with Crippen LogP contribution in [-0.2, 0) is 16.1 Å². The summed E-state index contributed by atoms with van der Waals surface area (Å²) < 4.78 is 5.65. The minimum atomic E-state index is -0.877. The van der Waals surface area contributed by atoms with Gasteiger partial charge in [0.05, 0.1) is 18.2 Å². The monoisotopic (exact) mass is 444 g/mol. The molecule has 1 aliphatic heterocycles. The number of aromatic nitrogens is 1. The van der Waals surface area contributed by atoms with Crippen LogP contribution in [0.4, 0.5) is 0 Å². The Morgan fingerprint density at radius 2 is 1.91 bits per heavy atom. The lowest BCUT2D eigenvalue weighted by atomic mass is 9.95. The van der Waals surface area contributed by atoms with Gasteiger partial charge >= 0.3 is 0 Å². The highest BCUT2D eigenvalue weighted by molar-refractivity contribution is 6.46. The maximum Gasteiger partial charge on any atom is 0.295 e. The minimum Gasteiger partial charge on any atom is -0.508 e. The summed E-state index contributed by atoms with van der Waals surface area (Å²) in [7, 11) is 0. The SMILES string of the molecule is CCCOc1cccc(/C(O)=C2\C(=O)C(=O)N(Cc3cccnc3)C2c2cccc(O)c2)c1. The molecule has 33 heavy (non-hydrogen) atoms. The van der Waals surface area contributed by atoms with Crippen molar-refractivity contribution in [3.05, 3.63) is 95.3 Å². The molecule has 0 bridgehead atoms. The first-order valence-electron chi connectivity index (χ1n) is 10.7. The zero-order valence-electron chi connectivity index (χ0n) is 18.1. The number of phenolic OH excluding ortho intramolecular Hbond substituents is 1. The first kappa shape index (κ1) is 22.1. The number of benzene rings is 2. The normalized spacial score (nSPS) is 17.4. The minimum absolute atomic E-state index is 0.00516. The van der Waals surface area contributed by atoms with Crippen LogP contribution >= 0.6 is 0 Å². The van der Waals surface area contributed by atoms with E-state index in [0.29, 0.717) is 23.5 Å². The fraction of sp³-hybridized carbons (Fsp3) is 0.192. The molecule has 2 heterocycles. The first-order valence-corrected chi connectivity index (χ1v) is 10.7. The standard InChI is InChI=1S/C26H24N2O5/c1-2-12-33-21-10-4-8-19(14-21)24(30)22-23(18-7-3-9-20(29)13-18)28(26(32)25(22)31)16-17-6-5-11-27-15-17/h3-11,13-15,23,29-30H,2,12,16H2,1H3/b24-22+. The lowest BCUT2D eigenvalue weighted by Gasteiger charge is -2.25. The van der Waals surface area contributed by atoms with E-state index in [2.05, 4.69) is 4.98 Å². The third kappa shape index (κ3) is 4.57. The molecule has 0 spiro atoms. The van der Waals surface area contributed by atoms with Gasteiger partial charge < -0.3 is 19.8 Å². The summed E-state index contributed by atoms with van der Waals surface area (Å²) in [6.45, 7) is 2.63. The van der Waals surface area contributed by atoms with Crippen LogP contribution < -0.4 is 4.74 Å². The molecule has 7 heteroatoms. The first-order chi connectivity index (χ1) is 16.0. The van der Waals surface area contributed by atoms with Gasteiger partial charge in [0.2, 0.25) is 0 Å². The van der Waals surface area contributed by atoms with Gasteiger partial charge in [-0.3, -0.25) is 14.6 Å². The quantitative estimate of drug-likeness (QED) is 0.322. The van der Waals surface area contributed by atoms with Gasteiger partial charge in [-0.1, -0.05) is 37.3 Å². The third-order valence-electron chi connectivity index (χ3n) is 5.38. The number of likely N-dealkylation sites (tertiary alicyclic amines) is 1. The summed E-state index contributed by atoms with van der Waals surface area (Å²) in [5.74, 6) is -1.26. The number of aliphatic hydroxyl groups excluding tert-OH is 1. The number of hydrogen-bond acceptors (Lipinski definition) is 6. The van der Waals surface area contributed by atoms with Crippen LogP contribution in [0.1, 0.15) is 36.1 Å². The van der Waals surface area contributed by atoms with Gasteiger partial charge in [0.1, 0.15) is 17.3 Å². The van der Waals surface area contributed by atoms with Crippen LogP contribution in [-0.4, -0.2) is 38.4 Å². The van der Waals surface area contributed by atoms with Gasteiger partial charge in [-0.15, -0.1) is 0 Å². The number of aromatic hydroxyl groups is 1. The Labute approximate surface area is 191 Å². The van der Waals surface area contributed by atoms with E-state index in [9.17, 15) is 19.8 Å². The van der Waals surface area contributed by atoms with Crippen molar-refractivity contribution < 1.29 is 24.5 Å². The number of rotatable bonds is 7. The van der Waals surface area contributed by atoms with Crippen LogP contribution in [0.15, 0.2) is 78.6 Å². The Hall–Kier alpha value is -4.13. The molecule has 1 saturated heterocycles. The number of phenols is 1. The number of nitrogens with zero attached hydrogens (tertiary/aromatic N) is 2. The van der Waals surface area contributed by atoms with Crippen molar-refractivity contribution in [3.63, 3.8) is 0 Å². The Bertz CT molecular complexity index is 1210. The molecule has 0 radical (unpaired) electrons. The van der Waals surface area contributed by atoms with Crippen LogP contribution in [0.25, 0.3) is 5.76 Å². The molecule has 1 aliphatic rings. The molecular formula is C26H24N2O5. The average Bonchev–Trinajstić information content (AvgIpc) is 3.08. The predicted octanol–water partition coefficient (Wildman–Crippen LogP) is 4.20. The summed E-state index contributed by atoms with van der Waals surface area (Å²) in [5, 5.41) is 21.2. The van der Waals surface area contributed by atoms with Crippen LogP contribution in [0.2, 0.25) is 0 Å². The van der Waals surface area contributed by atoms with Crippen molar-refractivity contribution in [2.75, 3.05) is 6.61 Å². The summed E-state index contributed by atoms with van der Waals surface area (Å²) in [6.07, 6.45) is 4.07. The van der Waals surface area contributed by atoms with Gasteiger partial charge in [0.15, 0.2) is 0 Å². The smallest absolute Gasteiger partial charge is 0.295 e. The van der Waals surface area contributed by atoms with E-state index >= 15 is 0 Å². The van der Waals surface area contributed by atoms with Gasteiger partial charge in [0, 0.05) is 24.5 Å². The molecule has 1 amide bonds. The molecule has 3 aromatic rings. The van der Waals surface area contributed by atoms with Gasteiger partial charge in [-0.05, 0) is 47.9 Å². The van der Waals surface area contributed by atoms with Gasteiger partial charge in [-0.2, -0.15) is 0 Å². The van der Waals surface area contributed by atoms with E-state index < -0.39 is 17.7 Å². The van der Waals surface area contributed by atoms with E-state index in [4.69, 9.17) is 4.74 Å².